The van der Waals surface area contributed by atoms with Gasteiger partial charge in [0.15, 0.2) is 5.13 Å². The van der Waals surface area contributed by atoms with Gasteiger partial charge in [0.1, 0.15) is 4.34 Å². The predicted molar refractivity (Wildman–Crippen MR) is 63.3 cm³/mol. The number of anilines is 1. The van der Waals surface area contributed by atoms with E-state index in [9.17, 15) is 4.79 Å². The first-order valence-corrected chi connectivity index (χ1v) is 6.63. The molecular weight excluding hydrogens is 240 g/mol. The number of nitrogens with zero attached hydrogens (tertiary/aromatic N) is 1. The lowest BCUT2D eigenvalue weighted by Crippen LogP contribution is -2.21. The Morgan fingerprint density at radius 1 is 1.86 bits per heavy atom. The van der Waals surface area contributed by atoms with Crippen molar-refractivity contribution in [3.63, 3.8) is 0 Å². The number of amides is 1. The van der Waals surface area contributed by atoms with Crippen molar-refractivity contribution in [2.45, 2.75) is 6.92 Å². The first kappa shape index (κ1) is 11.8. The Morgan fingerprint density at radius 2 is 2.57 bits per heavy atom. The fourth-order valence-electron chi connectivity index (χ4n) is 0.867. The molecule has 6 heteroatoms. The number of hydrogen-bond donors (Lipinski definition) is 1. The maximum atomic E-state index is 11.5. The molecule has 1 aromatic heterocycles. The second kappa shape index (κ2) is 5.58. The summed E-state index contributed by atoms with van der Waals surface area (Å²) in [6.45, 7) is 1.89. The van der Waals surface area contributed by atoms with Gasteiger partial charge < -0.3 is 5.32 Å². The molecule has 1 atom stereocenters. The minimum atomic E-state index is -0.00892. The molecule has 14 heavy (non-hydrogen) atoms. The molecule has 0 spiro atoms. The van der Waals surface area contributed by atoms with Crippen LogP contribution in [0.1, 0.15) is 6.92 Å². The molecule has 1 N–H and O–H groups in total. The normalized spacial score (nSPS) is 12.5. The Morgan fingerprint density at radius 3 is 3.07 bits per heavy atom. The van der Waals surface area contributed by atoms with Gasteiger partial charge in [-0.1, -0.05) is 29.9 Å². The van der Waals surface area contributed by atoms with E-state index in [0.717, 1.165) is 5.75 Å². The van der Waals surface area contributed by atoms with Crippen molar-refractivity contribution in [1.82, 2.24) is 4.98 Å². The highest BCUT2D eigenvalue weighted by molar-refractivity contribution is 7.98. The van der Waals surface area contributed by atoms with Gasteiger partial charge >= 0.3 is 0 Å². The van der Waals surface area contributed by atoms with Gasteiger partial charge in [0, 0.05) is 11.7 Å². The third-order valence-corrected chi connectivity index (χ3v) is 3.44. The van der Waals surface area contributed by atoms with Crippen molar-refractivity contribution < 1.29 is 4.79 Å². The molecule has 1 aromatic rings. The Hall–Kier alpha value is -0.260. The summed E-state index contributed by atoms with van der Waals surface area (Å²) in [4.78, 5) is 15.5. The van der Waals surface area contributed by atoms with E-state index in [1.807, 2.05) is 13.2 Å². The van der Waals surface area contributed by atoms with Crippen molar-refractivity contribution in [3.8, 4) is 0 Å². The van der Waals surface area contributed by atoms with E-state index in [4.69, 9.17) is 11.6 Å². The summed E-state index contributed by atoms with van der Waals surface area (Å²) >= 11 is 8.60. The van der Waals surface area contributed by atoms with Crippen molar-refractivity contribution in [1.29, 1.82) is 0 Å². The van der Waals surface area contributed by atoms with Crippen molar-refractivity contribution >= 4 is 45.7 Å². The Kier molecular flexibility index (Phi) is 4.71. The molecule has 0 aliphatic rings. The molecule has 1 rings (SSSR count). The van der Waals surface area contributed by atoms with Gasteiger partial charge in [0.05, 0.1) is 6.20 Å². The highest BCUT2D eigenvalue weighted by atomic mass is 35.5. The minimum Gasteiger partial charge on any atom is -0.302 e. The molecule has 1 unspecified atom stereocenters. The van der Waals surface area contributed by atoms with E-state index in [1.54, 1.807) is 11.8 Å². The molecule has 0 radical (unpaired) electrons. The molecule has 0 fully saturated rings. The Bertz CT molecular complexity index is 316. The second-order valence-electron chi connectivity index (χ2n) is 2.82. The lowest BCUT2D eigenvalue weighted by atomic mass is 10.2. The van der Waals surface area contributed by atoms with E-state index in [0.29, 0.717) is 9.47 Å². The zero-order chi connectivity index (χ0) is 10.6. The molecule has 0 saturated carbocycles. The second-order valence-corrected chi connectivity index (χ2v) is 5.39. The fraction of sp³-hybridized carbons (Fsp3) is 0.500. The van der Waals surface area contributed by atoms with Crippen LogP contribution in [-0.2, 0) is 4.79 Å². The molecule has 0 aromatic carbocycles. The van der Waals surface area contributed by atoms with Crippen LogP contribution in [0.4, 0.5) is 5.13 Å². The summed E-state index contributed by atoms with van der Waals surface area (Å²) in [5, 5.41) is 3.28. The Labute approximate surface area is 96.3 Å². The standard InChI is InChI=1S/C8H11ClN2OS2/c1-5(4-13-2)7(12)11-8-10-3-6(9)14-8/h3,5H,4H2,1-2H3,(H,10,11,12). The molecule has 0 aliphatic heterocycles. The number of rotatable bonds is 4. The summed E-state index contributed by atoms with van der Waals surface area (Å²) < 4.78 is 0.581. The average Bonchev–Trinajstić information content (AvgIpc) is 2.51. The van der Waals surface area contributed by atoms with Crippen molar-refractivity contribution in [2.75, 3.05) is 17.3 Å². The smallest absolute Gasteiger partial charge is 0.229 e. The van der Waals surface area contributed by atoms with Crippen LogP contribution in [0.25, 0.3) is 0 Å². The number of thioether (sulfide) groups is 1. The van der Waals surface area contributed by atoms with E-state index >= 15 is 0 Å². The summed E-state index contributed by atoms with van der Waals surface area (Å²) in [6.07, 6.45) is 3.51. The number of nitrogens with one attached hydrogen (secondary N) is 1. The van der Waals surface area contributed by atoms with Gasteiger partial charge in [-0.2, -0.15) is 11.8 Å². The van der Waals surface area contributed by atoms with E-state index in [2.05, 4.69) is 10.3 Å². The molecule has 78 valence electrons. The monoisotopic (exact) mass is 250 g/mol. The first-order chi connectivity index (χ1) is 6.63. The number of thiazole rings is 1. The van der Waals surface area contributed by atoms with Crippen LogP contribution in [0.2, 0.25) is 4.34 Å². The van der Waals surface area contributed by atoms with Crippen LogP contribution in [0.15, 0.2) is 6.20 Å². The maximum absolute atomic E-state index is 11.5. The summed E-state index contributed by atoms with van der Waals surface area (Å²) in [6, 6.07) is 0. The van der Waals surface area contributed by atoms with Crippen LogP contribution in [0.5, 0.6) is 0 Å². The van der Waals surface area contributed by atoms with E-state index in [-0.39, 0.29) is 11.8 Å². The number of aromatic nitrogens is 1. The maximum Gasteiger partial charge on any atom is 0.229 e. The summed E-state index contributed by atoms with van der Waals surface area (Å²) in [7, 11) is 0. The highest BCUT2D eigenvalue weighted by Gasteiger charge is 2.13. The van der Waals surface area contributed by atoms with Gasteiger partial charge in [-0.25, -0.2) is 4.98 Å². The van der Waals surface area contributed by atoms with Gasteiger partial charge in [-0.15, -0.1) is 0 Å². The number of carbonyl (C=O) groups is 1. The van der Waals surface area contributed by atoms with Crippen LogP contribution in [0, 0.1) is 5.92 Å². The molecule has 3 nitrogen and oxygen atoms in total. The zero-order valence-electron chi connectivity index (χ0n) is 7.91. The molecule has 1 heterocycles. The average molecular weight is 251 g/mol. The Balaban J connectivity index is 2.48. The van der Waals surface area contributed by atoms with Crippen LogP contribution in [-0.4, -0.2) is 22.9 Å². The van der Waals surface area contributed by atoms with Gasteiger partial charge in [-0.3, -0.25) is 4.79 Å². The zero-order valence-corrected chi connectivity index (χ0v) is 10.3. The van der Waals surface area contributed by atoms with E-state index < -0.39 is 0 Å². The molecule has 0 saturated heterocycles. The van der Waals surface area contributed by atoms with Crippen molar-refractivity contribution in [2.24, 2.45) is 5.92 Å². The SMILES string of the molecule is CSCC(C)C(=O)Nc1ncc(Cl)s1. The molecule has 0 bridgehead atoms. The van der Waals surface area contributed by atoms with Gasteiger partial charge in [0.25, 0.3) is 0 Å². The van der Waals surface area contributed by atoms with E-state index in [1.165, 1.54) is 17.5 Å². The quantitative estimate of drug-likeness (QED) is 0.894. The van der Waals surface area contributed by atoms with Crippen molar-refractivity contribution in [3.05, 3.63) is 10.5 Å². The highest BCUT2D eigenvalue weighted by Crippen LogP contribution is 2.23. The fourth-order valence-corrected chi connectivity index (χ4v) is 2.33. The molecule has 1 amide bonds. The van der Waals surface area contributed by atoms with Crippen LogP contribution >= 0.6 is 34.7 Å². The molecule has 0 aliphatic carbocycles. The number of halogens is 1. The first-order valence-electron chi connectivity index (χ1n) is 4.04. The third-order valence-electron chi connectivity index (χ3n) is 1.57. The largest absolute Gasteiger partial charge is 0.302 e. The van der Waals surface area contributed by atoms with Gasteiger partial charge in [-0.05, 0) is 6.26 Å². The predicted octanol–water partition coefficient (Wildman–Crippen LogP) is 2.73. The molecular formula is C8H11ClN2OS2. The van der Waals surface area contributed by atoms with Crippen LogP contribution in [0.3, 0.4) is 0 Å². The number of hydrogen-bond acceptors (Lipinski definition) is 4. The van der Waals surface area contributed by atoms with Gasteiger partial charge in [0.2, 0.25) is 5.91 Å². The topological polar surface area (TPSA) is 42.0 Å². The lowest BCUT2D eigenvalue weighted by Gasteiger charge is -2.07. The lowest BCUT2D eigenvalue weighted by molar-refractivity contribution is -0.118. The summed E-state index contributed by atoms with van der Waals surface area (Å²) in [5.74, 6) is 0.795. The number of carbonyl (C=O) groups excluding carboxylic acids is 1. The minimum absolute atomic E-state index is 0.00678. The van der Waals surface area contributed by atoms with Crippen LogP contribution < -0.4 is 5.32 Å². The third kappa shape index (κ3) is 3.48. The summed E-state index contributed by atoms with van der Waals surface area (Å²) in [5.41, 5.74) is 0.